The second-order valence-corrected chi connectivity index (χ2v) is 7.36. The van der Waals surface area contributed by atoms with Crippen LogP contribution in [0.4, 0.5) is 0 Å². The molecule has 1 aromatic heterocycles. The zero-order valence-corrected chi connectivity index (χ0v) is 15.1. The van der Waals surface area contributed by atoms with E-state index >= 15 is 0 Å². The number of nitrogens with one attached hydrogen (secondary N) is 1. The summed E-state index contributed by atoms with van der Waals surface area (Å²) in [4.78, 5) is 5.58. The smallest absolute Gasteiger partial charge is 0.107 e. The van der Waals surface area contributed by atoms with Gasteiger partial charge in [0.25, 0.3) is 0 Å². The molecule has 118 valence electrons. The second kappa shape index (κ2) is 7.65. The minimum atomic E-state index is 0.645. The van der Waals surface area contributed by atoms with Crippen molar-refractivity contribution in [3.05, 3.63) is 74.3 Å². The highest BCUT2D eigenvalue weighted by molar-refractivity contribution is 7.15. The number of aromatic nitrogens is 1. The maximum absolute atomic E-state index is 6.16. The van der Waals surface area contributed by atoms with E-state index in [4.69, 9.17) is 34.8 Å². The summed E-state index contributed by atoms with van der Waals surface area (Å²) in [5.74, 6) is 0. The van der Waals surface area contributed by atoms with Crippen LogP contribution in [0.5, 0.6) is 0 Å². The van der Waals surface area contributed by atoms with Gasteiger partial charge in [0.15, 0.2) is 0 Å². The molecule has 2 nitrogen and oxygen atoms in total. The number of rotatable bonds is 5. The fourth-order valence-corrected chi connectivity index (χ4v) is 3.60. The van der Waals surface area contributed by atoms with E-state index in [1.165, 1.54) is 0 Å². The van der Waals surface area contributed by atoms with E-state index in [1.54, 1.807) is 17.4 Å². The summed E-state index contributed by atoms with van der Waals surface area (Å²) < 4.78 is 0. The first-order valence-electron chi connectivity index (χ1n) is 6.97. The van der Waals surface area contributed by atoms with Gasteiger partial charge < -0.3 is 5.32 Å². The molecule has 2 aromatic carbocycles. The van der Waals surface area contributed by atoms with Crippen LogP contribution in [-0.4, -0.2) is 4.98 Å². The molecule has 0 unspecified atom stereocenters. The molecule has 0 saturated heterocycles. The number of thiazole rings is 1. The molecule has 0 atom stereocenters. The van der Waals surface area contributed by atoms with E-state index in [2.05, 4.69) is 10.3 Å². The Balaban J connectivity index is 1.60. The Morgan fingerprint density at radius 2 is 1.65 bits per heavy atom. The summed E-state index contributed by atoms with van der Waals surface area (Å²) in [6.45, 7) is 1.36. The zero-order valence-electron chi connectivity index (χ0n) is 12.0. The molecule has 0 amide bonds. The highest BCUT2D eigenvalue weighted by Gasteiger charge is 2.06. The highest BCUT2D eigenvalue weighted by atomic mass is 35.5. The average Bonchev–Trinajstić information content (AvgIpc) is 2.99. The van der Waals surface area contributed by atoms with E-state index in [1.807, 2.05) is 42.6 Å². The van der Waals surface area contributed by atoms with Gasteiger partial charge in [-0.05, 0) is 35.4 Å². The van der Waals surface area contributed by atoms with Crippen molar-refractivity contribution < 1.29 is 0 Å². The molecule has 3 rings (SSSR count). The second-order valence-electron chi connectivity index (χ2n) is 4.96. The van der Waals surface area contributed by atoms with Gasteiger partial charge in [0.05, 0.1) is 4.88 Å². The average molecular weight is 384 g/mol. The van der Waals surface area contributed by atoms with E-state index in [0.29, 0.717) is 23.1 Å². The Hall–Kier alpha value is -1.10. The summed E-state index contributed by atoms with van der Waals surface area (Å²) in [6, 6.07) is 13.3. The molecule has 1 N–H and O–H groups in total. The van der Waals surface area contributed by atoms with E-state index in [-0.39, 0.29) is 0 Å². The van der Waals surface area contributed by atoms with Crippen molar-refractivity contribution in [1.29, 1.82) is 0 Å². The normalized spacial score (nSPS) is 10.9. The number of benzene rings is 2. The maximum Gasteiger partial charge on any atom is 0.107 e. The van der Waals surface area contributed by atoms with Gasteiger partial charge in [-0.3, -0.25) is 0 Å². The lowest BCUT2D eigenvalue weighted by atomic mass is 10.2. The Morgan fingerprint density at radius 3 is 2.39 bits per heavy atom. The van der Waals surface area contributed by atoms with Crippen LogP contribution in [0.2, 0.25) is 15.1 Å². The van der Waals surface area contributed by atoms with Crippen molar-refractivity contribution in [3.8, 4) is 10.4 Å². The summed E-state index contributed by atoms with van der Waals surface area (Å²) >= 11 is 19.6. The molecular formula is C17H13Cl3N2S. The molecule has 0 bridgehead atoms. The minimum Gasteiger partial charge on any atom is -0.306 e. The Labute approximate surface area is 154 Å². The number of nitrogens with zero attached hydrogens (tertiary/aromatic N) is 1. The standard InChI is InChI=1S/C17H13Cl3N2S/c18-13-4-1-11(2-5-13)16-9-22-17(23-16)10-21-8-12-3-6-14(19)7-15(12)20/h1-7,9,21H,8,10H2. The quantitative estimate of drug-likeness (QED) is 0.579. The lowest BCUT2D eigenvalue weighted by Crippen LogP contribution is -2.12. The van der Waals surface area contributed by atoms with Crippen LogP contribution in [0, 0.1) is 0 Å². The molecule has 0 saturated carbocycles. The first-order valence-corrected chi connectivity index (χ1v) is 8.92. The third-order valence-corrected chi connectivity index (χ3v) is 5.17. The van der Waals surface area contributed by atoms with Gasteiger partial charge in [0.2, 0.25) is 0 Å². The van der Waals surface area contributed by atoms with Crippen molar-refractivity contribution in [2.45, 2.75) is 13.1 Å². The summed E-state index contributed by atoms with van der Waals surface area (Å²) in [6.07, 6.45) is 1.89. The number of halogens is 3. The van der Waals surface area contributed by atoms with Crippen LogP contribution >= 0.6 is 46.1 Å². The van der Waals surface area contributed by atoms with E-state index < -0.39 is 0 Å². The highest BCUT2D eigenvalue weighted by Crippen LogP contribution is 2.27. The molecule has 0 fully saturated rings. The summed E-state index contributed by atoms with van der Waals surface area (Å²) in [7, 11) is 0. The molecule has 0 aliphatic rings. The summed E-state index contributed by atoms with van der Waals surface area (Å²) in [5, 5.41) is 6.43. The Bertz CT molecular complexity index is 800. The molecule has 3 aromatic rings. The molecule has 23 heavy (non-hydrogen) atoms. The van der Waals surface area contributed by atoms with Crippen LogP contribution in [0.3, 0.4) is 0 Å². The SMILES string of the molecule is Clc1ccc(-c2cnc(CNCc3ccc(Cl)cc3Cl)s2)cc1. The number of hydrogen-bond donors (Lipinski definition) is 1. The van der Waals surface area contributed by atoms with Gasteiger partial charge >= 0.3 is 0 Å². The van der Waals surface area contributed by atoms with Crippen molar-refractivity contribution in [1.82, 2.24) is 10.3 Å². The predicted octanol–water partition coefficient (Wildman–Crippen LogP) is 6.06. The topological polar surface area (TPSA) is 24.9 Å². The van der Waals surface area contributed by atoms with Crippen molar-refractivity contribution in [3.63, 3.8) is 0 Å². The van der Waals surface area contributed by atoms with E-state index in [9.17, 15) is 0 Å². The largest absolute Gasteiger partial charge is 0.306 e. The van der Waals surface area contributed by atoms with Crippen LogP contribution in [0.25, 0.3) is 10.4 Å². The first kappa shape index (κ1) is 16.7. The molecule has 0 aliphatic heterocycles. The molecule has 0 radical (unpaired) electrons. The molecule has 0 spiro atoms. The van der Waals surface area contributed by atoms with Crippen molar-refractivity contribution in [2.75, 3.05) is 0 Å². The lowest BCUT2D eigenvalue weighted by Gasteiger charge is -2.05. The molecule has 1 heterocycles. The summed E-state index contributed by atoms with van der Waals surface area (Å²) in [5.41, 5.74) is 2.14. The fraction of sp³-hybridized carbons (Fsp3) is 0.118. The van der Waals surface area contributed by atoms with E-state index in [0.717, 1.165) is 26.0 Å². The van der Waals surface area contributed by atoms with Crippen LogP contribution < -0.4 is 5.32 Å². The van der Waals surface area contributed by atoms with Gasteiger partial charge in [-0.2, -0.15) is 0 Å². The molecule has 6 heteroatoms. The lowest BCUT2D eigenvalue weighted by molar-refractivity contribution is 0.690. The van der Waals surface area contributed by atoms with Gasteiger partial charge in [-0.25, -0.2) is 4.98 Å². The Morgan fingerprint density at radius 1 is 0.913 bits per heavy atom. The fourth-order valence-electron chi connectivity index (χ4n) is 2.11. The van der Waals surface area contributed by atoms with Crippen molar-refractivity contribution in [2.24, 2.45) is 0 Å². The molecule has 0 aliphatic carbocycles. The van der Waals surface area contributed by atoms with Crippen LogP contribution in [0.15, 0.2) is 48.7 Å². The monoisotopic (exact) mass is 382 g/mol. The van der Waals surface area contributed by atoms with Gasteiger partial charge in [-0.15, -0.1) is 11.3 Å². The third kappa shape index (κ3) is 4.46. The minimum absolute atomic E-state index is 0.645. The number of hydrogen-bond acceptors (Lipinski definition) is 3. The van der Waals surface area contributed by atoms with Crippen LogP contribution in [-0.2, 0) is 13.1 Å². The van der Waals surface area contributed by atoms with Crippen LogP contribution in [0.1, 0.15) is 10.6 Å². The predicted molar refractivity (Wildman–Crippen MR) is 99.6 cm³/mol. The first-order chi connectivity index (χ1) is 11.1. The third-order valence-electron chi connectivity index (χ3n) is 3.29. The maximum atomic E-state index is 6.16. The molecular weight excluding hydrogens is 371 g/mol. The van der Waals surface area contributed by atoms with Gasteiger partial charge in [-0.1, -0.05) is 53.0 Å². The van der Waals surface area contributed by atoms with Gasteiger partial charge in [0, 0.05) is 34.4 Å². The zero-order chi connectivity index (χ0) is 16.2. The van der Waals surface area contributed by atoms with Crippen molar-refractivity contribution >= 4 is 46.1 Å². The van der Waals surface area contributed by atoms with Gasteiger partial charge in [0.1, 0.15) is 5.01 Å². The Kier molecular flexibility index (Phi) is 5.57.